The highest BCUT2D eigenvalue weighted by Gasteiger charge is 2.18. The summed E-state index contributed by atoms with van der Waals surface area (Å²) in [4.78, 5) is 5.29. The van der Waals surface area contributed by atoms with Gasteiger partial charge in [-0.15, -0.1) is 10.2 Å². The lowest BCUT2D eigenvalue weighted by molar-refractivity contribution is 0.647. The van der Waals surface area contributed by atoms with E-state index in [0.717, 1.165) is 33.2 Å². The van der Waals surface area contributed by atoms with E-state index in [1.54, 1.807) is 11.3 Å². The van der Waals surface area contributed by atoms with Crippen molar-refractivity contribution < 1.29 is 0 Å². The van der Waals surface area contributed by atoms with Crippen LogP contribution < -0.4 is 0 Å². The number of para-hydroxylation sites is 2. The molecule has 6 nitrogen and oxygen atoms in total. The standard InChI is InChI=1S/C23H24N6S/c1-15(2)12-17-8-10-18(11-9-17)16(3)22-27-29-21(25-26-23(29)30-22)13-28-14-24-19-6-4-5-7-20(19)28/h4-11,14-16H,12-13H2,1-3H3. The van der Waals surface area contributed by atoms with Crippen LogP contribution in [0.5, 0.6) is 0 Å². The highest BCUT2D eigenvalue weighted by Crippen LogP contribution is 2.29. The summed E-state index contributed by atoms with van der Waals surface area (Å²) in [6, 6.07) is 17.0. The summed E-state index contributed by atoms with van der Waals surface area (Å²) in [5, 5.41) is 14.6. The number of hydrogen-bond donors (Lipinski definition) is 0. The molecule has 152 valence electrons. The van der Waals surface area contributed by atoms with Crippen LogP contribution in [-0.4, -0.2) is 29.4 Å². The maximum atomic E-state index is 4.86. The molecule has 1 unspecified atom stereocenters. The first kappa shape index (κ1) is 18.9. The molecule has 0 spiro atoms. The molecule has 0 aliphatic rings. The number of imidazole rings is 1. The Morgan fingerprint density at radius 2 is 1.77 bits per heavy atom. The molecule has 3 heterocycles. The van der Waals surface area contributed by atoms with Crippen molar-refractivity contribution in [3.63, 3.8) is 0 Å². The lowest BCUT2D eigenvalue weighted by atomic mass is 9.97. The second-order valence-corrected chi connectivity index (χ2v) is 9.16. The highest BCUT2D eigenvalue weighted by molar-refractivity contribution is 7.16. The van der Waals surface area contributed by atoms with E-state index in [4.69, 9.17) is 5.10 Å². The van der Waals surface area contributed by atoms with Crippen LogP contribution in [0.1, 0.15) is 48.6 Å². The normalized spacial score (nSPS) is 12.9. The van der Waals surface area contributed by atoms with E-state index in [0.29, 0.717) is 12.5 Å². The molecule has 0 bridgehead atoms. The predicted molar refractivity (Wildman–Crippen MR) is 120 cm³/mol. The molecule has 0 radical (unpaired) electrons. The van der Waals surface area contributed by atoms with Crippen LogP contribution in [0.2, 0.25) is 0 Å². The van der Waals surface area contributed by atoms with E-state index in [9.17, 15) is 0 Å². The van der Waals surface area contributed by atoms with Gasteiger partial charge in [-0.3, -0.25) is 0 Å². The Balaban J connectivity index is 1.41. The molecular formula is C23H24N6S. The molecule has 7 heteroatoms. The van der Waals surface area contributed by atoms with Crippen LogP contribution in [-0.2, 0) is 13.0 Å². The third-order valence-corrected chi connectivity index (χ3v) is 6.49. The SMILES string of the molecule is CC(C)Cc1ccc(C(C)c2nn3c(Cn4cnc5ccccc54)nnc3s2)cc1. The van der Waals surface area contributed by atoms with Crippen LogP contribution in [0.3, 0.4) is 0 Å². The van der Waals surface area contributed by atoms with E-state index in [1.807, 2.05) is 29.0 Å². The van der Waals surface area contributed by atoms with E-state index < -0.39 is 0 Å². The molecule has 0 fully saturated rings. The van der Waals surface area contributed by atoms with Gasteiger partial charge in [0.15, 0.2) is 5.82 Å². The topological polar surface area (TPSA) is 60.9 Å². The Hall–Kier alpha value is -3.06. The number of rotatable bonds is 6. The fourth-order valence-electron chi connectivity index (χ4n) is 3.79. The summed E-state index contributed by atoms with van der Waals surface area (Å²) < 4.78 is 3.96. The third kappa shape index (κ3) is 3.50. The Labute approximate surface area is 179 Å². The number of hydrogen-bond acceptors (Lipinski definition) is 5. The first-order valence-electron chi connectivity index (χ1n) is 10.3. The molecule has 0 aliphatic carbocycles. The zero-order chi connectivity index (χ0) is 20.7. The van der Waals surface area contributed by atoms with Gasteiger partial charge in [0.05, 0.1) is 23.9 Å². The first-order chi connectivity index (χ1) is 14.6. The molecule has 30 heavy (non-hydrogen) atoms. The van der Waals surface area contributed by atoms with E-state index in [1.165, 1.54) is 11.1 Å². The summed E-state index contributed by atoms with van der Waals surface area (Å²) in [7, 11) is 0. The van der Waals surface area contributed by atoms with Gasteiger partial charge in [0, 0.05) is 5.92 Å². The zero-order valence-corrected chi connectivity index (χ0v) is 18.2. The molecular weight excluding hydrogens is 392 g/mol. The second kappa shape index (κ2) is 7.65. The number of benzene rings is 2. The molecule has 0 saturated heterocycles. The minimum Gasteiger partial charge on any atom is -0.323 e. The molecule has 0 saturated carbocycles. The van der Waals surface area contributed by atoms with Crippen molar-refractivity contribution >= 4 is 27.3 Å². The first-order valence-corrected chi connectivity index (χ1v) is 11.1. The van der Waals surface area contributed by atoms with Crippen molar-refractivity contribution in [1.29, 1.82) is 0 Å². The van der Waals surface area contributed by atoms with E-state index in [2.05, 4.69) is 70.9 Å². The van der Waals surface area contributed by atoms with Crippen molar-refractivity contribution in [2.45, 2.75) is 39.7 Å². The maximum Gasteiger partial charge on any atom is 0.234 e. The second-order valence-electron chi connectivity index (χ2n) is 8.17. The Morgan fingerprint density at radius 3 is 2.57 bits per heavy atom. The molecule has 0 N–H and O–H groups in total. The highest BCUT2D eigenvalue weighted by atomic mass is 32.1. The Bertz CT molecular complexity index is 1290. The summed E-state index contributed by atoms with van der Waals surface area (Å²) in [6.07, 6.45) is 2.96. The third-order valence-electron chi connectivity index (χ3n) is 5.40. The minimum absolute atomic E-state index is 0.215. The summed E-state index contributed by atoms with van der Waals surface area (Å²) in [5.41, 5.74) is 4.72. The van der Waals surface area contributed by atoms with Gasteiger partial charge in [-0.25, -0.2) is 4.98 Å². The van der Waals surface area contributed by atoms with Gasteiger partial charge < -0.3 is 4.57 Å². The van der Waals surface area contributed by atoms with E-state index in [-0.39, 0.29) is 5.92 Å². The van der Waals surface area contributed by atoms with Gasteiger partial charge in [-0.2, -0.15) is 9.61 Å². The smallest absolute Gasteiger partial charge is 0.234 e. The summed E-state index contributed by atoms with van der Waals surface area (Å²) in [6.45, 7) is 7.29. The van der Waals surface area contributed by atoms with Gasteiger partial charge in [0.25, 0.3) is 0 Å². The van der Waals surface area contributed by atoms with Crippen molar-refractivity contribution in [3.8, 4) is 0 Å². The van der Waals surface area contributed by atoms with Gasteiger partial charge in [0.1, 0.15) is 5.01 Å². The van der Waals surface area contributed by atoms with Crippen LogP contribution in [0, 0.1) is 5.92 Å². The lowest BCUT2D eigenvalue weighted by Gasteiger charge is -2.10. The van der Waals surface area contributed by atoms with Crippen LogP contribution in [0.4, 0.5) is 0 Å². The average Bonchev–Trinajstić information content (AvgIpc) is 3.44. The molecule has 5 rings (SSSR count). The van der Waals surface area contributed by atoms with Gasteiger partial charge in [0.2, 0.25) is 4.96 Å². The van der Waals surface area contributed by atoms with Crippen LogP contribution in [0.25, 0.3) is 16.0 Å². The quantitative estimate of drug-likeness (QED) is 0.394. The van der Waals surface area contributed by atoms with E-state index >= 15 is 0 Å². The summed E-state index contributed by atoms with van der Waals surface area (Å²) >= 11 is 1.61. The minimum atomic E-state index is 0.215. The predicted octanol–water partition coefficient (Wildman–Crippen LogP) is 4.93. The molecule has 1 atom stereocenters. The van der Waals surface area contributed by atoms with Crippen molar-refractivity contribution in [1.82, 2.24) is 29.4 Å². The van der Waals surface area contributed by atoms with Gasteiger partial charge in [-0.05, 0) is 35.6 Å². The Morgan fingerprint density at radius 1 is 0.967 bits per heavy atom. The van der Waals surface area contributed by atoms with Crippen molar-refractivity contribution in [2.24, 2.45) is 5.92 Å². The van der Waals surface area contributed by atoms with Crippen molar-refractivity contribution in [2.75, 3.05) is 0 Å². The Kier molecular flexibility index (Phi) is 4.83. The molecule has 2 aromatic carbocycles. The average molecular weight is 417 g/mol. The van der Waals surface area contributed by atoms with Gasteiger partial charge in [-0.1, -0.05) is 68.5 Å². The lowest BCUT2D eigenvalue weighted by Crippen LogP contribution is -2.05. The zero-order valence-electron chi connectivity index (χ0n) is 17.4. The fourth-order valence-corrected chi connectivity index (χ4v) is 4.73. The summed E-state index contributed by atoms with van der Waals surface area (Å²) in [5.74, 6) is 1.69. The molecule has 0 amide bonds. The van der Waals surface area contributed by atoms with Gasteiger partial charge >= 0.3 is 0 Å². The monoisotopic (exact) mass is 416 g/mol. The van der Waals surface area contributed by atoms with Crippen LogP contribution in [0.15, 0.2) is 54.9 Å². The largest absolute Gasteiger partial charge is 0.323 e. The number of fused-ring (bicyclic) bond motifs is 2. The fraction of sp³-hybridized carbons (Fsp3) is 0.304. The molecule has 5 aromatic rings. The molecule has 3 aromatic heterocycles. The maximum absolute atomic E-state index is 4.86. The number of aromatic nitrogens is 6. The van der Waals surface area contributed by atoms with Crippen LogP contribution >= 0.6 is 11.3 Å². The number of nitrogens with zero attached hydrogens (tertiary/aromatic N) is 6. The molecule has 0 aliphatic heterocycles. The van der Waals surface area contributed by atoms with Crippen molar-refractivity contribution in [3.05, 3.63) is 76.8 Å².